The van der Waals surface area contributed by atoms with E-state index in [9.17, 15) is 15.3 Å². The molecule has 22 heavy (non-hydrogen) atoms. The molecule has 0 aromatic heterocycles. The molecule has 0 bridgehead atoms. The van der Waals surface area contributed by atoms with Crippen LogP contribution in [-0.4, -0.2) is 69.5 Å². The van der Waals surface area contributed by atoms with Gasteiger partial charge in [0.2, 0.25) is 6.29 Å². The summed E-state index contributed by atoms with van der Waals surface area (Å²) in [5.74, 6) is 0.428. The molecular weight excluding hydrogens is 292 g/mol. The molecule has 5 atom stereocenters. The van der Waals surface area contributed by atoms with Gasteiger partial charge in [0, 0.05) is 6.61 Å². The average Bonchev–Trinajstić information content (AvgIpc) is 2.54. The normalized spacial score (nSPS) is 32.0. The standard InChI is InChI=1S/C15H22O7/c16-7-1-2-9-3-5-10(6-4-9)21-15-14(20)13(19)12(18)11(8-17)22-15/h3-6,11-20H,1-2,7-8H2. The maximum Gasteiger partial charge on any atom is 0.229 e. The van der Waals surface area contributed by atoms with Gasteiger partial charge in [-0.15, -0.1) is 0 Å². The Morgan fingerprint density at radius 3 is 2.23 bits per heavy atom. The largest absolute Gasteiger partial charge is 0.462 e. The number of benzene rings is 1. The van der Waals surface area contributed by atoms with Crippen molar-refractivity contribution in [2.75, 3.05) is 13.2 Å². The predicted molar refractivity (Wildman–Crippen MR) is 76.2 cm³/mol. The summed E-state index contributed by atoms with van der Waals surface area (Å²) in [5.41, 5.74) is 1.04. The highest BCUT2D eigenvalue weighted by molar-refractivity contribution is 5.27. The zero-order chi connectivity index (χ0) is 16.1. The lowest BCUT2D eigenvalue weighted by Crippen LogP contribution is -2.60. The molecule has 1 fully saturated rings. The van der Waals surface area contributed by atoms with E-state index in [-0.39, 0.29) is 6.61 Å². The molecule has 1 aliphatic rings. The van der Waals surface area contributed by atoms with Gasteiger partial charge >= 0.3 is 0 Å². The fourth-order valence-corrected chi connectivity index (χ4v) is 2.32. The smallest absolute Gasteiger partial charge is 0.229 e. The number of aliphatic hydroxyl groups is 5. The van der Waals surface area contributed by atoms with Crippen LogP contribution in [0.2, 0.25) is 0 Å². The minimum Gasteiger partial charge on any atom is -0.462 e. The van der Waals surface area contributed by atoms with Crippen LogP contribution in [0, 0.1) is 0 Å². The highest BCUT2D eigenvalue weighted by Crippen LogP contribution is 2.24. The number of aryl methyl sites for hydroxylation is 1. The van der Waals surface area contributed by atoms with Gasteiger partial charge in [-0.25, -0.2) is 0 Å². The molecule has 1 aromatic carbocycles. The Morgan fingerprint density at radius 1 is 0.955 bits per heavy atom. The molecule has 124 valence electrons. The van der Waals surface area contributed by atoms with Crippen LogP contribution in [0.4, 0.5) is 0 Å². The van der Waals surface area contributed by atoms with Crippen LogP contribution >= 0.6 is 0 Å². The van der Waals surface area contributed by atoms with Crippen molar-refractivity contribution >= 4 is 0 Å². The third-order valence-electron chi connectivity index (χ3n) is 3.65. The maximum absolute atomic E-state index is 9.88. The van der Waals surface area contributed by atoms with Crippen molar-refractivity contribution in [1.29, 1.82) is 0 Å². The summed E-state index contributed by atoms with van der Waals surface area (Å²) in [4.78, 5) is 0. The van der Waals surface area contributed by atoms with Gasteiger partial charge in [-0.3, -0.25) is 0 Å². The molecule has 1 heterocycles. The van der Waals surface area contributed by atoms with Crippen LogP contribution in [0.15, 0.2) is 24.3 Å². The van der Waals surface area contributed by atoms with Crippen molar-refractivity contribution in [3.8, 4) is 5.75 Å². The monoisotopic (exact) mass is 314 g/mol. The molecule has 7 nitrogen and oxygen atoms in total. The highest BCUT2D eigenvalue weighted by atomic mass is 16.7. The summed E-state index contributed by atoms with van der Waals surface area (Å²) < 4.78 is 10.7. The Bertz CT molecular complexity index is 448. The second-order valence-electron chi connectivity index (χ2n) is 5.29. The number of hydrogen-bond acceptors (Lipinski definition) is 7. The van der Waals surface area contributed by atoms with Gasteiger partial charge in [0.05, 0.1) is 6.61 Å². The number of aliphatic hydroxyl groups excluding tert-OH is 5. The minimum absolute atomic E-state index is 0.128. The van der Waals surface area contributed by atoms with Gasteiger partial charge in [0.15, 0.2) is 0 Å². The first kappa shape index (κ1) is 17.1. The van der Waals surface area contributed by atoms with Gasteiger partial charge in [0.1, 0.15) is 30.2 Å². The van der Waals surface area contributed by atoms with E-state index in [1.165, 1.54) is 0 Å². The van der Waals surface area contributed by atoms with Crippen molar-refractivity contribution in [1.82, 2.24) is 0 Å². The second-order valence-corrected chi connectivity index (χ2v) is 5.29. The van der Waals surface area contributed by atoms with Gasteiger partial charge < -0.3 is 35.0 Å². The van der Waals surface area contributed by atoms with Gasteiger partial charge in [-0.2, -0.15) is 0 Å². The Morgan fingerprint density at radius 2 is 1.64 bits per heavy atom. The van der Waals surface area contributed by atoms with Crippen LogP contribution in [0.25, 0.3) is 0 Å². The first-order valence-electron chi connectivity index (χ1n) is 7.23. The van der Waals surface area contributed by atoms with Gasteiger partial charge in [-0.05, 0) is 30.5 Å². The third kappa shape index (κ3) is 3.95. The summed E-state index contributed by atoms with van der Waals surface area (Å²) in [5, 5.41) is 47.2. The summed E-state index contributed by atoms with van der Waals surface area (Å²) in [6.07, 6.45) is -5.04. The molecule has 0 saturated carbocycles. The molecule has 1 aliphatic heterocycles. The van der Waals surface area contributed by atoms with Crippen molar-refractivity contribution in [3.05, 3.63) is 29.8 Å². The lowest BCUT2D eigenvalue weighted by atomic mass is 9.99. The summed E-state index contributed by atoms with van der Waals surface area (Å²) in [6, 6.07) is 7.03. The summed E-state index contributed by atoms with van der Waals surface area (Å²) >= 11 is 0. The zero-order valence-corrected chi connectivity index (χ0v) is 12.1. The molecule has 0 amide bonds. The molecule has 0 spiro atoms. The first-order chi connectivity index (χ1) is 10.6. The Kier molecular flexibility index (Phi) is 6.13. The quantitative estimate of drug-likeness (QED) is 0.447. The molecule has 0 aliphatic carbocycles. The number of ether oxygens (including phenoxy) is 2. The molecule has 5 unspecified atom stereocenters. The molecule has 1 aromatic rings. The predicted octanol–water partition coefficient (Wildman–Crippen LogP) is -1.21. The van der Waals surface area contributed by atoms with Crippen LogP contribution in [0.3, 0.4) is 0 Å². The molecule has 1 saturated heterocycles. The minimum atomic E-state index is -1.46. The molecule has 5 N–H and O–H groups in total. The van der Waals surface area contributed by atoms with Gasteiger partial charge in [-0.1, -0.05) is 12.1 Å². The van der Waals surface area contributed by atoms with E-state index >= 15 is 0 Å². The van der Waals surface area contributed by atoms with Crippen LogP contribution in [0.5, 0.6) is 5.75 Å². The fraction of sp³-hybridized carbons (Fsp3) is 0.600. The number of hydrogen-bond donors (Lipinski definition) is 5. The third-order valence-corrected chi connectivity index (χ3v) is 3.65. The van der Waals surface area contributed by atoms with Crippen LogP contribution < -0.4 is 4.74 Å². The van der Waals surface area contributed by atoms with E-state index in [1.807, 2.05) is 12.1 Å². The maximum atomic E-state index is 9.88. The lowest BCUT2D eigenvalue weighted by molar-refractivity contribution is -0.277. The molecular formula is C15H22O7. The fourth-order valence-electron chi connectivity index (χ4n) is 2.32. The van der Waals surface area contributed by atoms with Crippen molar-refractivity contribution < 1.29 is 35.0 Å². The van der Waals surface area contributed by atoms with Crippen LogP contribution in [0.1, 0.15) is 12.0 Å². The number of rotatable bonds is 6. The highest BCUT2D eigenvalue weighted by Gasteiger charge is 2.44. The first-order valence-corrected chi connectivity index (χ1v) is 7.23. The van der Waals surface area contributed by atoms with Crippen LogP contribution in [-0.2, 0) is 11.2 Å². The van der Waals surface area contributed by atoms with E-state index in [4.69, 9.17) is 19.7 Å². The van der Waals surface area contributed by atoms with E-state index in [1.54, 1.807) is 12.1 Å². The zero-order valence-electron chi connectivity index (χ0n) is 12.1. The molecule has 2 rings (SSSR count). The summed E-state index contributed by atoms with van der Waals surface area (Å²) in [6.45, 7) is -0.367. The second kappa shape index (κ2) is 7.87. The van der Waals surface area contributed by atoms with E-state index in [2.05, 4.69) is 0 Å². The van der Waals surface area contributed by atoms with E-state index in [0.29, 0.717) is 12.2 Å². The lowest BCUT2D eigenvalue weighted by Gasteiger charge is -2.39. The van der Waals surface area contributed by atoms with E-state index < -0.39 is 37.3 Å². The Balaban J connectivity index is 1.99. The average molecular weight is 314 g/mol. The summed E-state index contributed by atoms with van der Waals surface area (Å²) in [7, 11) is 0. The van der Waals surface area contributed by atoms with Crippen molar-refractivity contribution in [2.45, 2.75) is 43.5 Å². The van der Waals surface area contributed by atoms with Crippen molar-refractivity contribution in [2.24, 2.45) is 0 Å². The SMILES string of the molecule is OCCCc1ccc(OC2OC(CO)C(O)C(O)C2O)cc1. The topological polar surface area (TPSA) is 120 Å². The Hall–Kier alpha value is -1.22. The van der Waals surface area contributed by atoms with Gasteiger partial charge in [0.25, 0.3) is 0 Å². The van der Waals surface area contributed by atoms with Crippen molar-refractivity contribution in [3.63, 3.8) is 0 Å². The molecule has 0 radical (unpaired) electrons. The Labute approximate surface area is 128 Å². The molecule has 7 heteroatoms. The van der Waals surface area contributed by atoms with E-state index in [0.717, 1.165) is 12.0 Å².